The van der Waals surface area contributed by atoms with Crippen molar-refractivity contribution in [3.05, 3.63) is 296 Å². The molecule has 0 aromatic heterocycles. The molecule has 77 heavy (non-hydrogen) atoms. The molecule has 0 radical (unpaired) electrons. The van der Waals surface area contributed by atoms with Crippen molar-refractivity contribution >= 4 is 21.9 Å². The Labute approximate surface area is 458 Å². The molecule has 0 saturated heterocycles. The summed E-state index contributed by atoms with van der Waals surface area (Å²) in [5, 5.41) is 2.85. The van der Waals surface area contributed by atoms with Gasteiger partial charge in [0.25, 0.3) is 0 Å². The van der Waals surface area contributed by atoms with Crippen molar-refractivity contribution in [2.24, 2.45) is 35.5 Å². The van der Waals surface area contributed by atoms with E-state index < -0.39 is 0 Å². The fraction of sp³-hybridized carbons (Fsp3) is 0.273. The van der Waals surface area contributed by atoms with Gasteiger partial charge in [0, 0.05) is 41.4 Å². The largest absolute Gasteiger partial charge is 0.0836 e. The maximum Gasteiger partial charge on any atom is 0.0142 e. The van der Waals surface area contributed by atoms with Gasteiger partial charge < -0.3 is 0 Å². The van der Waals surface area contributed by atoms with Crippen LogP contribution in [-0.2, 0) is 6.42 Å². The summed E-state index contributed by atoms with van der Waals surface area (Å²) in [4.78, 5) is 0. The van der Waals surface area contributed by atoms with Gasteiger partial charge in [0.1, 0.15) is 0 Å². The van der Waals surface area contributed by atoms with Gasteiger partial charge in [0.15, 0.2) is 0 Å². The second-order valence-corrected chi connectivity index (χ2v) is 24.0. The van der Waals surface area contributed by atoms with E-state index in [0.29, 0.717) is 47.3 Å². The summed E-state index contributed by atoms with van der Waals surface area (Å²) in [6.07, 6.45) is 53.6. The van der Waals surface area contributed by atoms with Gasteiger partial charge in [-0.1, -0.05) is 219 Å². The average molecular weight is 997 g/mol. The number of aryl methyl sites for hydroxylation is 2. The van der Waals surface area contributed by atoms with E-state index in [-0.39, 0.29) is 5.92 Å². The molecule has 0 fully saturated rings. The first-order valence-corrected chi connectivity index (χ1v) is 29.3. The van der Waals surface area contributed by atoms with Crippen LogP contribution < -0.4 is 0 Å². The van der Waals surface area contributed by atoms with E-state index in [4.69, 9.17) is 0 Å². The predicted octanol–water partition coefficient (Wildman–Crippen LogP) is 19.9. The lowest BCUT2D eigenvalue weighted by Crippen LogP contribution is -2.35. The molecule has 0 heterocycles. The Morgan fingerprint density at radius 1 is 0.506 bits per heavy atom. The van der Waals surface area contributed by atoms with Gasteiger partial charge in [-0.15, -0.1) is 0 Å². The van der Waals surface area contributed by atoms with Gasteiger partial charge in [-0.25, -0.2) is 0 Å². The zero-order chi connectivity index (χ0) is 51.9. The molecule has 0 saturated carbocycles. The predicted molar refractivity (Wildman–Crippen MR) is 327 cm³/mol. The lowest BCUT2D eigenvalue weighted by atomic mass is 9.57. The van der Waals surface area contributed by atoms with Crippen LogP contribution in [0.1, 0.15) is 127 Å². The molecule has 9 unspecified atom stereocenters. The Bertz CT molecular complexity index is 3740. The third kappa shape index (κ3) is 8.07. The van der Waals surface area contributed by atoms with E-state index in [1.807, 2.05) is 0 Å². The summed E-state index contributed by atoms with van der Waals surface area (Å²) in [5.41, 5.74) is 29.6. The smallest absolute Gasteiger partial charge is 0.0142 e. The quantitative estimate of drug-likeness (QED) is 0.152. The zero-order valence-corrected chi connectivity index (χ0v) is 45.8. The molecule has 0 heteroatoms. The van der Waals surface area contributed by atoms with Crippen LogP contribution in [0.4, 0.5) is 0 Å². The summed E-state index contributed by atoms with van der Waals surface area (Å²) in [6.45, 7) is 12.0. The summed E-state index contributed by atoms with van der Waals surface area (Å²) in [7, 11) is 0. The van der Waals surface area contributed by atoms with Gasteiger partial charge >= 0.3 is 0 Å². The Morgan fingerprint density at radius 2 is 1.22 bits per heavy atom. The van der Waals surface area contributed by atoms with Crippen molar-refractivity contribution < 1.29 is 0 Å². The molecule has 380 valence electrons. The highest BCUT2D eigenvalue weighted by Crippen LogP contribution is 2.59. The number of allylic oxidation sites excluding steroid dienone is 28. The Balaban J connectivity index is 0.968. The van der Waals surface area contributed by atoms with E-state index in [2.05, 4.69) is 241 Å². The van der Waals surface area contributed by atoms with Crippen molar-refractivity contribution in [1.29, 1.82) is 0 Å². The van der Waals surface area contributed by atoms with Gasteiger partial charge in [-0.3, -0.25) is 0 Å². The molecule has 0 spiro atoms. The second-order valence-electron chi connectivity index (χ2n) is 24.0. The second kappa shape index (κ2) is 19.6. The van der Waals surface area contributed by atoms with Crippen LogP contribution in [0.25, 0.3) is 33.0 Å². The molecular formula is C77H72. The minimum atomic E-state index is 0.280. The summed E-state index contributed by atoms with van der Waals surface area (Å²) >= 11 is 0. The van der Waals surface area contributed by atoms with Gasteiger partial charge in [-0.2, -0.15) is 0 Å². The Kier molecular flexibility index (Phi) is 12.3. The standard InChI is InChI=1S/C77H72/c1-47-22-20-23-48(2)74(47)71-45-70-62-40-38-54(42-66(62)72(75-49(3)24-21-25-50(75)4)46-69(70)59-33-15-16-34-60(59)71)55-39-41-65-67(43-55)73-44-68(58-32-14-12-30-56(58)52-26-8-6-9-27-52)61-35-17-19-37-64(61)77(73)51(5)76(65)63-36-18-13-31-57(63)53-28-10-7-11-29-53/h6-12,14-17,19-26,28,30-38,40,42-44,46,49,51-53,61,64,71,75-76H,13,18,27,29,39,41,45H2,1-5H3. The molecule has 0 bridgehead atoms. The topological polar surface area (TPSA) is 0 Å². The zero-order valence-electron chi connectivity index (χ0n) is 45.8. The van der Waals surface area contributed by atoms with Crippen LogP contribution in [0.15, 0.2) is 245 Å². The highest BCUT2D eigenvalue weighted by molar-refractivity contribution is 5.99. The van der Waals surface area contributed by atoms with Crippen molar-refractivity contribution in [1.82, 2.24) is 0 Å². The molecule has 9 aliphatic rings. The summed E-state index contributed by atoms with van der Waals surface area (Å²) < 4.78 is 0. The highest BCUT2D eigenvalue weighted by Gasteiger charge is 2.45. The van der Waals surface area contributed by atoms with E-state index in [1.54, 1.807) is 22.3 Å². The number of fused-ring (bicyclic) bond motifs is 8. The number of hydrogen-bond donors (Lipinski definition) is 0. The SMILES string of the molecule is CC1=CC=CC(C)C1c1cc2c(c3ccc(C4=CC5=C(CC4)C(C4=CCCC=C4C4C=CC=CC4)C(C)C4=C5C=C(c5ccccc5C5C=CC=CC5)C5C=CC=CC45)cc13)CC(c1c(C)cccc1C)c1ccccc1-2. The Hall–Kier alpha value is -7.28. The molecule has 9 aliphatic carbocycles. The average Bonchev–Trinajstić information content (AvgIpc) is 3.50. The summed E-state index contributed by atoms with van der Waals surface area (Å²) in [6, 6.07) is 35.9. The first kappa shape index (κ1) is 48.1. The fourth-order valence-corrected chi connectivity index (χ4v) is 16.3. The molecule has 0 amide bonds. The molecule has 0 nitrogen and oxygen atoms in total. The molecular weight excluding hydrogens is 925 g/mol. The lowest BCUT2D eigenvalue weighted by molar-refractivity contribution is 0.434. The molecule has 5 aromatic rings. The lowest BCUT2D eigenvalue weighted by Gasteiger charge is -2.47. The maximum atomic E-state index is 2.71. The molecule has 14 rings (SSSR count). The minimum absolute atomic E-state index is 0.280. The first-order valence-electron chi connectivity index (χ1n) is 29.3. The van der Waals surface area contributed by atoms with E-state index in [1.165, 1.54) is 99.8 Å². The van der Waals surface area contributed by atoms with Crippen molar-refractivity contribution in [2.45, 2.75) is 97.3 Å². The molecule has 0 aliphatic heterocycles. The van der Waals surface area contributed by atoms with Crippen molar-refractivity contribution in [3.8, 4) is 11.1 Å². The van der Waals surface area contributed by atoms with Crippen LogP contribution in [-0.4, -0.2) is 0 Å². The van der Waals surface area contributed by atoms with Crippen LogP contribution in [0.2, 0.25) is 0 Å². The van der Waals surface area contributed by atoms with Gasteiger partial charge in [0.2, 0.25) is 0 Å². The van der Waals surface area contributed by atoms with Crippen LogP contribution in [0.3, 0.4) is 0 Å². The minimum Gasteiger partial charge on any atom is -0.0836 e. The number of hydrogen-bond acceptors (Lipinski definition) is 0. The van der Waals surface area contributed by atoms with Crippen molar-refractivity contribution in [3.63, 3.8) is 0 Å². The third-order valence-electron chi connectivity index (χ3n) is 19.7. The number of rotatable bonds is 7. The van der Waals surface area contributed by atoms with E-state index >= 15 is 0 Å². The maximum absolute atomic E-state index is 2.71. The summed E-state index contributed by atoms with van der Waals surface area (Å²) in [5.74, 6) is 3.07. The highest BCUT2D eigenvalue weighted by atomic mass is 14.5. The molecule has 0 N–H and O–H groups in total. The molecule has 9 atom stereocenters. The monoisotopic (exact) mass is 997 g/mol. The normalized spacial score (nSPS) is 27.8. The van der Waals surface area contributed by atoms with Gasteiger partial charge in [-0.05, 0) is 201 Å². The fourth-order valence-electron chi connectivity index (χ4n) is 16.3. The van der Waals surface area contributed by atoms with Crippen LogP contribution in [0.5, 0.6) is 0 Å². The third-order valence-corrected chi connectivity index (χ3v) is 19.7. The first-order chi connectivity index (χ1) is 37.8. The molecule has 5 aromatic carbocycles. The van der Waals surface area contributed by atoms with Crippen molar-refractivity contribution in [2.75, 3.05) is 0 Å². The Morgan fingerprint density at radius 3 is 1.99 bits per heavy atom. The van der Waals surface area contributed by atoms with Crippen LogP contribution >= 0.6 is 0 Å². The van der Waals surface area contributed by atoms with E-state index in [0.717, 1.165) is 44.9 Å². The van der Waals surface area contributed by atoms with E-state index in [9.17, 15) is 0 Å². The number of benzene rings is 5. The van der Waals surface area contributed by atoms with Crippen LogP contribution in [0, 0.1) is 49.4 Å². The van der Waals surface area contributed by atoms with Gasteiger partial charge in [0.05, 0.1) is 0 Å².